The average molecular weight is 424 g/mol. The standard InChI is InChI=1S/C14H21IN2O3S/c1-20-14-6-5-12(11-13(14)15)21(18,19)16-7-4-10-17-8-2-3-9-17/h5-6,11,16H,2-4,7-10H2,1H3. The molecule has 0 bridgehead atoms. The largest absolute Gasteiger partial charge is 0.496 e. The summed E-state index contributed by atoms with van der Waals surface area (Å²) in [5.41, 5.74) is 0. The maximum Gasteiger partial charge on any atom is 0.240 e. The summed E-state index contributed by atoms with van der Waals surface area (Å²) in [5.74, 6) is 0.684. The Morgan fingerprint density at radius 1 is 1.33 bits per heavy atom. The molecule has 0 spiro atoms. The van der Waals surface area contributed by atoms with Crippen LogP contribution >= 0.6 is 22.6 Å². The molecule has 1 aromatic rings. The molecule has 1 heterocycles. The van der Waals surface area contributed by atoms with Crippen LogP contribution in [0, 0.1) is 3.57 Å². The lowest BCUT2D eigenvalue weighted by atomic mass is 10.3. The number of methoxy groups -OCH3 is 1. The number of halogens is 1. The molecule has 1 aromatic carbocycles. The first-order valence-corrected chi connectivity index (χ1v) is 9.65. The van der Waals surface area contributed by atoms with Gasteiger partial charge in [0.15, 0.2) is 0 Å². The van der Waals surface area contributed by atoms with Crippen molar-refractivity contribution in [1.82, 2.24) is 9.62 Å². The van der Waals surface area contributed by atoms with Crippen molar-refractivity contribution < 1.29 is 13.2 Å². The molecule has 0 saturated carbocycles. The molecule has 1 aliphatic rings. The summed E-state index contributed by atoms with van der Waals surface area (Å²) in [4.78, 5) is 2.67. The third kappa shape index (κ3) is 4.80. The molecule has 5 nitrogen and oxygen atoms in total. The molecule has 0 amide bonds. The molecular weight excluding hydrogens is 403 g/mol. The lowest BCUT2D eigenvalue weighted by molar-refractivity contribution is 0.334. The number of likely N-dealkylation sites (tertiary alicyclic amines) is 1. The molecular formula is C14H21IN2O3S. The molecule has 0 atom stereocenters. The molecule has 1 N–H and O–H groups in total. The molecule has 1 saturated heterocycles. The zero-order chi connectivity index (χ0) is 15.3. The Hall–Kier alpha value is -0.380. The van der Waals surface area contributed by atoms with Crippen molar-refractivity contribution in [2.45, 2.75) is 24.2 Å². The summed E-state index contributed by atoms with van der Waals surface area (Å²) in [6.45, 7) is 3.72. The monoisotopic (exact) mass is 424 g/mol. The highest BCUT2D eigenvalue weighted by molar-refractivity contribution is 14.1. The van der Waals surface area contributed by atoms with E-state index in [0.717, 1.165) is 29.6 Å². The second-order valence-electron chi connectivity index (χ2n) is 5.10. The molecule has 21 heavy (non-hydrogen) atoms. The van der Waals surface area contributed by atoms with Crippen molar-refractivity contribution >= 4 is 32.6 Å². The fourth-order valence-corrected chi connectivity index (χ4v) is 4.46. The first-order chi connectivity index (χ1) is 10.0. The van der Waals surface area contributed by atoms with Crippen LogP contribution in [0.25, 0.3) is 0 Å². The number of ether oxygens (including phenoxy) is 1. The summed E-state index contributed by atoms with van der Waals surface area (Å²) < 4.78 is 33.0. The van der Waals surface area contributed by atoms with Crippen LogP contribution in [0.5, 0.6) is 5.75 Å². The van der Waals surface area contributed by atoms with Crippen molar-refractivity contribution in [3.63, 3.8) is 0 Å². The molecule has 0 unspecified atom stereocenters. The summed E-state index contributed by atoms with van der Waals surface area (Å²) in [7, 11) is -1.86. The van der Waals surface area contributed by atoms with Gasteiger partial charge in [-0.05, 0) is 79.7 Å². The van der Waals surface area contributed by atoms with E-state index < -0.39 is 10.0 Å². The van der Waals surface area contributed by atoms with E-state index in [1.54, 1.807) is 25.3 Å². The van der Waals surface area contributed by atoms with Crippen molar-refractivity contribution in [2.75, 3.05) is 33.3 Å². The van der Waals surface area contributed by atoms with Gasteiger partial charge in [-0.25, -0.2) is 13.1 Å². The molecule has 7 heteroatoms. The van der Waals surface area contributed by atoms with Gasteiger partial charge in [-0.1, -0.05) is 0 Å². The predicted molar refractivity (Wildman–Crippen MR) is 91.2 cm³/mol. The van der Waals surface area contributed by atoms with Crippen LogP contribution in [-0.4, -0.2) is 46.6 Å². The smallest absolute Gasteiger partial charge is 0.240 e. The van der Waals surface area contributed by atoms with Gasteiger partial charge in [0.05, 0.1) is 15.6 Å². The fourth-order valence-electron chi connectivity index (χ4n) is 2.41. The number of hydrogen-bond donors (Lipinski definition) is 1. The molecule has 2 rings (SSSR count). The molecule has 0 aromatic heterocycles. The van der Waals surface area contributed by atoms with Gasteiger partial charge in [0.2, 0.25) is 10.0 Å². The van der Waals surface area contributed by atoms with Gasteiger partial charge in [-0.3, -0.25) is 0 Å². The third-order valence-corrected chi connectivity index (χ3v) is 5.88. The summed E-state index contributed by atoms with van der Waals surface area (Å²) in [6.07, 6.45) is 3.36. The van der Waals surface area contributed by atoms with E-state index in [1.165, 1.54) is 12.8 Å². The van der Waals surface area contributed by atoms with E-state index in [2.05, 4.69) is 32.2 Å². The van der Waals surface area contributed by atoms with E-state index in [4.69, 9.17) is 4.74 Å². The highest BCUT2D eigenvalue weighted by atomic mass is 127. The number of sulfonamides is 1. The van der Waals surface area contributed by atoms with Gasteiger partial charge < -0.3 is 9.64 Å². The van der Waals surface area contributed by atoms with Crippen LogP contribution in [0.1, 0.15) is 19.3 Å². The second-order valence-corrected chi connectivity index (χ2v) is 8.03. The number of hydrogen-bond acceptors (Lipinski definition) is 4. The zero-order valence-electron chi connectivity index (χ0n) is 12.1. The summed E-state index contributed by atoms with van der Waals surface area (Å²) in [6, 6.07) is 4.88. The lowest BCUT2D eigenvalue weighted by Crippen LogP contribution is -2.28. The average Bonchev–Trinajstić information content (AvgIpc) is 2.97. The summed E-state index contributed by atoms with van der Waals surface area (Å²) >= 11 is 2.07. The zero-order valence-corrected chi connectivity index (χ0v) is 15.1. The van der Waals surface area contributed by atoms with Crippen LogP contribution in [0.4, 0.5) is 0 Å². The van der Waals surface area contributed by atoms with Crippen molar-refractivity contribution in [3.8, 4) is 5.75 Å². The van der Waals surface area contributed by atoms with E-state index in [0.29, 0.717) is 12.3 Å². The topological polar surface area (TPSA) is 58.6 Å². The minimum atomic E-state index is -3.43. The predicted octanol–water partition coefficient (Wildman–Crippen LogP) is 2.06. The maximum atomic E-state index is 12.2. The van der Waals surface area contributed by atoms with Crippen molar-refractivity contribution in [2.24, 2.45) is 0 Å². The van der Waals surface area contributed by atoms with E-state index in [-0.39, 0.29) is 4.90 Å². The molecule has 1 aliphatic heterocycles. The first kappa shape index (κ1) is 17.0. The Bertz CT molecular complexity index is 572. The second kappa shape index (κ2) is 7.75. The Morgan fingerprint density at radius 3 is 2.67 bits per heavy atom. The van der Waals surface area contributed by atoms with Gasteiger partial charge in [-0.15, -0.1) is 0 Å². The Morgan fingerprint density at radius 2 is 2.05 bits per heavy atom. The van der Waals surface area contributed by atoms with Gasteiger partial charge in [0, 0.05) is 6.54 Å². The van der Waals surface area contributed by atoms with Crippen molar-refractivity contribution in [3.05, 3.63) is 21.8 Å². The van der Waals surface area contributed by atoms with Crippen molar-refractivity contribution in [1.29, 1.82) is 0 Å². The molecule has 1 fully saturated rings. The fraction of sp³-hybridized carbons (Fsp3) is 0.571. The quantitative estimate of drug-likeness (QED) is 0.538. The molecule has 0 radical (unpaired) electrons. The Balaban J connectivity index is 1.87. The minimum absolute atomic E-state index is 0.286. The third-order valence-electron chi connectivity index (χ3n) is 3.58. The van der Waals surface area contributed by atoms with Crippen LogP contribution in [0.15, 0.2) is 23.1 Å². The van der Waals surface area contributed by atoms with Gasteiger partial charge in [0.25, 0.3) is 0 Å². The number of nitrogens with zero attached hydrogens (tertiary/aromatic N) is 1. The Kier molecular flexibility index (Phi) is 6.27. The Labute approximate surface area is 140 Å². The van der Waals surface area contributed by atoms with Gasteiger partial charge in [-0.2, -0.15) is 0 Å². The molecule has 0 aliphatic carbocycles. The minimum Gasteiger partial charge on any atom is -0.496 e. The first-order valence-electron chi connectivity index (χ1n) is 7.08. The SMILES string of the molecule is COc1ccc(S(=O)(=O)NCCCN2CCCC2)cc1I. The summed E-state index contributed by atoms with van der Waals surface area (Å²) in [5, 5.41) is 0. The number of rotatable bonds is 7. The van der Waals surface area contributed by atoms with Crippen LogP contribution < -0.4 is 9.46 Å². The van der Waals surface area contributed by atoms with E-state index in [1.807, 2.05) is 0 Å². The number of nitrogens with one attached hydrogen (secondary N) is 1. The normalized spacial score (nSPS) is 16.3. The van der Waals surface area contributed by atoms with E-state index >= 15 is 0 Å². The molecule has 118 valence electrons. The van der Waals surface area contributed by atoms with Gasteiger partial charge >= 0.3 is 0 Å². The lowest BCUT2D eigenvalue weighted by Gasteiger charge is -2.14. The number of benzene rings is 1. The van der Waals surface area contributed by atoms with Crippen LogP contribution in [0.2, 0.25) is 0 Å². The van der Waals surface area contributed by atoms with E-state index in [9.17, 15) is 8.42 Å². The van der Waals surface area contributed by atoms with Crippen LogP contribution in [-0.2, 0) is 10.0 Å². The highest BCUT2D eigenvalue weighted by Crippen LogP contribution is 2.23. The van der Waals surface area contributed by atoms with Gasteiger partial charge in [0.1, 0.15) is 5.75 Å². The highest BCUT2D eigenvalue weighted by Gasteiger charge is 2.16. The van der Waals surface area contributed by atoms with Crippen LogP contribution in [0.3, 0.4) is 0 Å². The maximum absolute atomic E-state index is 12.2.